The molecule has 3 rings (SSSR count). The molecular formula is C21H24N2O2S. The first kappa shape index (κ1) is 18.5. The number of carbonyl (C=O) groups is 1. The summed E-state index contributed by atoms with van der Waals surface area (Å²) in [5.74, 6) is -0.219. The summed E-state index contributed by atoms with van der Waals surface area (Å²) >= 11 is 1.52. The number of rotatable bonds is 4. The van der Waals surface area contributed by atoms with E-state index in [1.165, 1.54) is 16.9 Å². The molecule has 0 saturated carbocycles. The van der Waals surface area contributed by atoms with Crippen LogP contribution in [0.5, 0.6) is 0 Å². The first-order valence-corrected chi connectivity index (χ1v) is 9.49. The third-order valence-corrected chi connectivity index (χ3v) is 5.36. The van der Waals surface area contributed by atoms with E-state index < -0.39 is 0 Å². The molecule has 0 radical (unpaired) electrons. The van der Waals surface area contributed by atoms with Crippen molar-refractivity contribution in [1.29, 1.82) is 0 Å². The maximum absolute atomic E-state index is 12.7. The van der Waals surface area contributed by atoms with E-state index in [0.717, 1.165) is 10.2 Å². The molecule has 0 aliphatic carbocycles. The van der Waals surface area contributed by atoms with Crippen LogP contribution >= 0.6 is 11.3 Å². The van der Waals surface area contributed by atoms with Crippen LogP contribution in [0.4, 0.5) is 0 Å². The van der Waals surface area contributed by atoms with Crippen LogP contribution in [-0.2, 0) is 16.7 Å². The Hall–Kier alpha value is -2.24. The van der Waals surface area contributed by atoms with Gasteiger partial charge in [0.25, 0.3) is 5.91 Å². The first-order valence-electron chi connectivity index (χ1n) is 8.67. The fourth-order valence-electron chi connectivity index (χ4n) is 2.77. The minimum Gasteiger partial charge on any atom is -0.383 e. The molecule has 0 bridgehead atoms. The fraction of sp³-hybridized carbons (Fsp3) is 0.333. The van der Waals surface area contributed by atoms with Gasteiger partial charge in [0.1, 0.15) is 0 Å². The van der Waals surface area contributed by atoms with E-state index in [1.807, 2.05) is 53.1 Å². The number of amides is 1. The Morgan fingerprint density at radius 1 is 1.12 bits per heavy atom. The van der Waals surface area contributed by atoms with Crippen LogP contribution in [0.3, 0.4) is 0 Å². The van der Waals surface area contributed by atoms with Gasteiger partial charge < -0.3 is 9.30 Å². The predicted molar refractivity (Wildman–Crippen MR) is 107 cm³/mol. The number of hydrogen-bond acceptors (Lipinski definition) is 3. The van der Waals surface area contributed by atoms with E-state index in [-0.39, 0.29) is 11.3 Å². The summed E-state index contributed by atoms with van der Waals surface area (Å²) < 4.78 is 8.37. The Balaban J connectivity index is 1.99. The summed E-state index contributed by atoms with van der Waals surface area (Å²) in [5.41, 5.74) is 2.94. The van der Waals surface area contributed by atoms with E-state index >= 15 is 0 Å². The van der Waals surface area contributed by atoms with E-state index in [4.69, 9.17) is 4.74 Å². The molecular weight excluding hydrogens is 344 g/mol. The molecule has 4 nitrogen and oxygen atoms in total. The van der Waals surface area contributed by atoms with Gasteiger partial charge >= 0.3 is 0 Å². The van der Waals surface area contributed by atoms with Crippen LogP contribution in [0.15, 0.2) is 53.5 Å². The summed E-state index contributed by atoms with van der Waals surface area (Å²) in [6.45, 7) is 7.70. The lowest BCUT2D eigenvalue weighted by atomic mass is 9.87. The number of para-hydroxylation sites is 1. The van der Waals surface area contributed by atoms with Gasteiger partial charge in [-0.1, -0.05) is 56.4 Å². The maximum Gasteiger partial charge on any atom is 0.279 e. The first-order chi connectivity index (χ1) is 12.4. The van der Waals surface area contributed by atoms with Crippen molar-refractivity contribution in [3.05, 3.63) is 64.5 Å². The van der Waals surface area contributed by atoms with Gasteiger partial charge in [-0.15, -0.1) is 0 Å². The molecule has 1 heterocycles. The van der Waals surface area contributed by atoms with Crippen LogP contribution in [-0.4, -0.2) is 24.2 Å². The second kappa shape index (κ2) is 7.56. The quantitative estimate of drug-likeness (QED) is 0.685. The van der Waals surface area contributed by atoms with Gasteiger partial charge in [-0.05, 0) is 35.2 Å². The van der Waals surface area contributed by atoms with Gasteiger partial charge in [0, 0.05) is 19.2 Å². The molecule has 136 valence electrons. The molecule has 1 amide bonds. The number of ether oxygens (including phenoxy) is 1. The third kappa shape index (κ3) is 3.94. The van der Waals surface area contributed by atoms with Crippen molar-refractivity contribution in [3.8, 4) is 0 Å². The smallest absolute Gasteiger partial charge is 0.279 e. The SMILES string of the molecule is COCCn1c(=NC(=O)c2ccc(C(C)(C)C)cc2)sc2ccccc21. The molecule has 0 atom stereocenters. The highest BCUT2D eigenvalue weighted by molar-refractivity contribution is 7.16. The summed E-state index contributed by atoms with van der Waals surface area (Å²) in [6.07, 6.45) is 0. The molecule has 0 unspecified atom stereocenters. The number of carbonyl (C=O) groups excluding carboxylic acids is 1. The summed E-state index contributed by atoms with van der Waals surface area (Å²) in [5, 5.41) is 0. The Bertz CT molecular complexity index is 976. The van der Waals surface area contributed by atoms with Crippen molar-refractivity contribution in [3.63, 3.8) is 0 Å². The molecule has 0 spiro atoms. The van der Waals surface area contributed by atoms with Crippen LogP contribution in [0.2, 0.25) is 0 Å². The fourth-order valence-corrected chi connectivity index (χ4v) is 3.82. The highest BCUT2D eigenvalue weighted by atomic mass is 32.1. The van der Waals surface area contributed by atoms with Crippen molar-refractivity contribution in [1.82, 2.24) is 4.57 Å². The Morgan fingerprint density at radius 2 is 1.81 bits per heavy atom. The molecule has 2 aromatic carbocycles. The molecule has 0 fully saturated rings. The molecule has 5 heteroatoms. The molecule has 0 aliphatic heterocycles. The number of aromatic nitrogens is 1. The molecule has 0 saturated heterocycles. The molecule has 0 N–H and O–H groups in total. The average Bonchev–Trinajstić information content (AvgIpc) is 2.96. The van der Waals surface area contributed by atoms with Crippen molar-refractivity contribution >= 4 is 27.5 Å². The number of thiazole rings is 1. The lowest BCUT2D eigenvalue weighted by molar-refractivity contribution is 0.0997. The van der Waals surface area contributed by atoms with Gasteiger partial charge in [-0.2, -0.15) is 4.99 Å². The van der Waals surface area contributed by atoms with Crippen LogP contribution in [0.1, 0.15) is 36.7 Å². The summed E-state index contributed by atoms with van der Waals surface area (Å²) in [7, 11) is 1.67. The summed E-state index contributed by atoms with van der Waals surface area (Å²) in [6, 6.07) is 15.8. The van der Waals surface area contributed by atoms with Crippen molar-refractivity contribution in [2.75, 3.05) is 13.7 Å². The minimum atomic E-state index is -0.219. The molecule has 0 aliphatic rings. The Kier molecular flexibility index (Phi) is 5.39. The monoisotopic (exact) mass is 368 g/mol. The minimum absolute atomic E-state index is 0.0629. The zero-order valence-electron chi connectivity index (χ0n) is 15.7. The van der Waals surface area contributed by atoms with Crippen LogP contribution < -0.4 is 4.80 Å². The molecule has 3 aromatic rings. The summed E-state index contributed by atoms with van der Waals surface area (Å²) in [4.78, 5) is 17.8. The molecule has 26 heavy (non-hydrogen) atoms. The van der Waals surface area contributed by atoms with Crippen molar-refractivity contribution in [2.45, 2.75) is 32.7 Å². The normalized spacial score (nSPS) is 12.7. The van der Waals surface area contributed by atoms with E-state index in [2.05, 4.69) is 25.8 Å². The lowest BCUT2D eigenvalue weighted by Crippen LogP contribution is -2.19. The van der Waals surface area contributed by atoms with Gasteiger partial charge in [-0.25, -0.2) is 0 Å². The zero-order chi connectivity index (χ0) is 18.7. The lowest BCUT2D eigenvalue weighted by Gasteiger charge is -2.18. The van der Waals surface area contributed by atoms with E-state index in [1.54, 1.807) is 7.11 Å². The third-order valence-electron chi connectivity index (χ3n) is 4.30. The number of fused-ring (bicyclic) bond motifs is 1. The van der Waals surface area contributed by atoms with E-state index in [9.17, 15) is 4.79 Å². The second-order valence-electron chi connectivity index (χ2n) is 7.24. The predicted octanol–water partition coefficient (Wildman–Crippen LogP) is 4.39. The van der Waals surface area contributed by atoms with Crippen LogP contribution in [0, 0.1) is 0 Å². The number of methoxy groups -OCH3 is 1. The topological polar surface area (TPSA) is 43.6 Å². The van der Waals surface area contributed by atoms with Gasteiger partial charge in [0.2, 0.25) is 0 Å². The highest BCUT2D eigenvalue weighted by Gasteiger charge is 2.14. The maximum atomic E-state index is 12.7. The Morgan fingerprint density at radius 3 is 2.46 bits per heavy atom. The average molecular weight is 369 g/mol. The standard InChI is InChI=1S/C21H24N2O2S/c1-21(2,3)16-11-9-15(10-12-16)19(24)22-20-23(13-14-25-4)17-7-5-6-8-18(17)26-20/h5-12H,13-14H2,1-4H3. The Labute approximate surface area is 157 Å². The van der Waals surface area contributed by atoms with E-state index in [0.29, 0.717) is 23.5 Å². The highest BCUT2D eigenvalue weighted by Crippen LogP contribution is 2.22. The van der Waals surface area contributed by atoms with Crippen molar-refractivity contribution in [2.24, 2.45) is 4.99 Å². The largest absolute Gasteiger partial charge is 0.383 e. The van der Waals surface area contributed by atoms with Crippen molar-refractivity contribution < 1.29 is 9.53 Å². The van der Waals surface area contributed by atoms with Gasteiger partial charge in [-0.3, -0.25) is 4.79 Å². The second-order valence-corrected chi connectivity index (χ2v) is 8.25. The zero-order valence-corrected chi connectivity index (χ0v) is 16.5. The number of hydrogen-bond donors (Lipinski definition) is 0. The number of nitrogens with zero attached hydrogens (tertiary/aromatic N) is 2. The van der Waals surface area contributed by atoms with Gasteiger partial charge in [0.05, 0.1) is 16.8 Å². The van der Waals surface area contributed by atoms with Crippen LogP contribution in [0.25, 0.3) is 10.2 Å². The molecule has 1 aromatic heterocycles. The number of benzene rings is 2. The van der Waals surface area contributed by atoms with Gasteiger partial charge in [0.15, 0.2) is 4.80 Å².